The number of benzene rings is 1. The van der Waals surface area contributed by atoms with E-state index in [1.54, 1.807) is 5.51 Å². The first-order chi connectivity index (χ1) is 8.68. The highest BCUT2D eigenvalue weighted by Crippen LogP contribution is 2.20. The number of hydrogen-bond donors (Lipinski definition) is 2. The van der Waals surface area contributed by atoms with Crippen LogP contribution in [-0.2, 0) is 6.42 Å². The summed E-state index contributed by atoms with van der Waals surface area (Å²) in [5, 5.41) is 12.7. The highest BCUT2D eigenvalue weighted by molar-refractivity contribution is 7.14. The van der Waals surface area contributed by atoms with E-state index in [-0.39, 0.29) is 5.69 Å². The summed E-state index contributed by atoms with van der Waals surface area (Å²) in [5.74, 6) is -0.991. The Kier molecular flexibility index (Phi) is 3.94. The van der Waals surface area contributed by atoms with Crippen molar-refractivity contribution in [1.82, 2.24) is 4.98 Å². The van der Waals surface area contributed by atoms with E-state index in [0.717, 1.165) is 6.42 Å². The van der Waals surface area contributed by atoms with Crippen LogP contribution in [0.4, 0.5) is 5.00 Å². The molecule has 0 bridgehead atoms. The van der Waals surface area contributed by atoms with E-state index in [9.17, 15) is 4.79 Å². The van der Waals surface area contributed by atoms with Crippen LogP contribution in [0.5, 0.6) is 0 Å². The number of anilines is 1. The predicted octanol–water partition coefficient (Wildman–Crippen LogP) is 2.80. The van der Waals surface area contributed by atoms with Gasteiger partial charge in [-0.3, -0.25) is 0 Å². The second kappa shape index (κ2) is 5.64. The van der Waals surface area contributed by atoms with Crippen LogP contribution >= 0.6 is 11.3 Å². The minimum absolute atomic E-state index is 0.102. The molecule has 0 unspecified atom stereocenters. The number of carboxylic acids is 1. The van der Waals surface area contributed by atoms with Gasteiger partial charge in [0, 0.05) is 6.54 Å². The average molecular weight is 262 g/mol. The van der Waals surface area contributed by atoms with Gasteiger partial charge in [-0.05, 0) is 24.5 Å². The smallest absolute Gasteiger partial charge is 0.357 e. The molecule has 0 saturated carbocycles. The SMILES string of the molecule is Cc1ccccc1CCNc1scnc1C(=O)O. The average Bonchev–Trinajstić information content (AvgIpc) is 2.80. The summed E-state index contributed by atoms with van der Waals surface area (Å²) in [6, 6.07) is 8.18. The minimum atomic E-state index is -0.991. The topological polar surface area (TPSA) is 62.2 Å². The normalized spacial score (nSPS) is 10.3. The highest BCUT2D eigenvalue weighted by atomic mass is 32.1. The molecule has 1 heterocycles. The zero-order valence-corrected chi connectivity index (χ0v) is 10.8. The van der Waals surface area contributed by atoms with Crippen LogP contribution in [0.15, 0.2) is 29.8 Å². The number of hydrogen-bond acceptors (Lipinski definition) is 4. The van der Waals surface area contributed by atoms with Crippen LogP contribution in [0.1, 0.15) is 21.6 Å². The summed E-state index contributed by atoms with van der Waals surface area (Å²) in [6.07, 6.45) is 0.865. The van der Waals surface area contributed by atoms with Crippen molar-refractivity contribution in [1.29, 1.82) is 0 Å². The summed E-state index contributed by atoms with van der Waals surface area (Å²) in [6.45, 7) is 2.78. The minimum Gasteiger partial charge on any atom is -0.476 e. The van der Waals surface area contributed by atoms with Crippen molar-refractivity contribution in [3.8, 4) is 0 Å². The Bertz CT molecular complexity index is 551. The number of carbonyl (C=O) groups is 1. The molecule has 0 aliphatic rings. The molecule has 1 aromatic carbocycles. The van der Waals surface area contributed by atoms with Gasteiger partial charge in [-0.15, -0.1) is 11.3 Å². The van der Waals surface area contributed by atoms with E-state index >= 15 is 0 Å². The van der Waals surface area contributed by atoms with Gasteiger partial charge < -0.3 is 10.4 Å². The Morgan fingerprint density at radius 3 is 2.94 bits per heavy atom. The first-order valence-corrected chi connectivity index (χ1v) is 6.51. The first kappa shape index (κ1) is 12.6. The Balaban J connectivity index is 1.95. The molecule has 94 valence electrons. The number of aromatic carboxylic acids is 1. The lowest BCUT2D eigenvalue weighted by atomic mass is 10.1. The number of rotatable bonds is 5. The molecule has 0 spiro atoms. The monoisotopic (exact) mass is 262 g/mol. The highest BCUT2D eigenvalue weighted by Gasteiger charge is 2.12. The van der Waals surface area contributed by atoms with E-state index in [1.807, 2.05) is 12.1 Å². The number of aromatic nitrogens is 1. The van der Waals surface area contributed by atoms with Crippen molar-refractivity contribution in [2.24, 2.45) is 0 Å². The lowest BCUT2D eigenvalue weighted by Crippen LogP contribution is -2.08. The number of nitrogens with one attached hydrogen (secondary N) is 1. The zero-order valence-electron chi connectivity index (χ0n) is 10.0. The molecule has 2 N–H and O–H groups in total. The maximum Gasteiger partial charge on any atom is 0.357 e. The summed E-state index contributed by atoms with van der Waals surface area (Å²) < 4.78 is 0. The van der Waals surface area contributed by atoms with Crippen LogP contribution in [0.25, 0.3) is 0 Å². The number of aryl methyl sites for hydroxylation is 1. The predicted molar refractivity (Wildman–Crippen MR) is 72.4 cm³/mol. The Hall–Kier alpha value is -1.88. The number of carboxylic acid groups (broad SMARTS) is 1. The van der Waals surface area contributed by atoms with Crippen molar-refractivity contribution in [2.75, 3.05) is 11.9 Å². The molecular weight excluding hydrogens is 248 g/mol. The Morgan fingerprint density at radius 2 is 2.22 bits per heavy atom. The summed E-state index contributed by atoms with van der Waals surface area (Å²) in [5.41, 5.74) is 4.16. The van der Waals surface area contributed by atoms with Gasteiger partial charge in [0.2, 0.25) is 0 Å². The van der Waals surface area contributed by atoms with Gasteiger partial charge in [-0.1, -0.05) is 24.3 Å². The van der Waals surface area contributed by atoms with Crippen molar-refractivity contribution >= 4 is 22.3 Å². The molecule has 0 fully saturated rings. The van der Waals surface area contributed by atoms with Gasteiger partial charge in [-0.2, -0.15) is 0 Å². The van der Waals surface area contributed by atoms with Gasteiger partial charge in [0.25, 0.3) is 0 Å². The summed E-state index contributed by atoms with van der Waals surface area (Å²) in [4.78, 5) is 14.7. The lowest BCUT2D eigenvalue weighted by Gasteiger charge is -2.07. The molecule has 0 aliphatic carbocycles. The second-order valence-corrected chi connectivity index (χ2v) is 4.79. The second-order valence-electron chi connectivity index (χ2n) is 3.94. The quantitative estimate of drug-likeness (QED) is 0.869. The Labute approximate surface area is 109 Å². The van der Waals surface area contributed by atoms with Crippen LogP contribution in [-0.4, -0.2) is 22.6 Å². The third kappa shape index (κ3) is 2.87. The van der Waals surface area contributed by atoms with Crippen molar-refractivity contribution in [2.45, 2.75) is 13.3 Å². The molecule has 0 radical (unpaired) electrons. The van der Waals surface area contributed by atoms with E-state index in [4.69, 9.17) is 5.11 Å². The molecule has 0 saturated heterocycles. The number of thiazole rings is 1. The van der Waals surface area contributed by atoms with E-state index in [1.165, 1.54) is 22.5 Å². The summed E-state index contributed by atoms with van der Waals surface area (Å²) >= 11 is 1.31. The fourth-order valence-corrected chi connectivity index (χ4v) is 2.43. The van der Waals surface area contributed by atoms with Gasteiger partial charge in [0.1, 0.15) is 5.00 Å². The Morgan fingerprint density at radius 1 is 1.44 bits per heavy atom. The van der Waals surface area contributed by atoms with Crippen molar-refractivity contribution in [3.63, 3.8) is 0 Å². The maximum absolute atomic E-state index is 10.9. The third-order valence-corrected chi connectivity index (χ3v) is 3.50. The van der Waals surface area contributed by atoms with E-state index < -0.39 is 5.97 Å². The zero-order chi connectivity index (χ0) is 13.0. The van der Waals surface area contributed by atoms with Crippen LogP contribution in [0.2, 0.25) is 0 Å². The molecule has 0 amide bonds. The van der Waals surface area contributed by atoms with Crippen molar-refractivity contribution in [3.05, 3.63) is 46.6 Å². The maximum atomic E-state index is 10.9. The first-order valence-electron chi connectivity index (χ1n) is 5.63. The largest absolute Gasteiger partial charge is 0.476 e. The number of nitrogens with zero attached hydrogens (tertiary/aromatic N) is 1. The van der Waals surface area contributed by atoms with Gasteiger partial charge in [-0.25, -0.2) is 9.78 Å². The van der Waals surface area contributed by atoms with Gasteiger partial charge in [0.15, 0.2) is 5.69 Å². The van der Waals surface area contributed by atoms with E-state index in [0.29, 0.717) is 11.5 Å². The van der Waals surface area contributed by atoms with E-state index in [2.05, 4.69) is 29.4 Å². The molecule has 1 aromatic heterocycles. The molecule has 0 atom stereocenters. The van der Waals surface area contributed by atoms with Crippen LogP contribution in [0, 0.1) is 6.92 Å². The molecule has 2 aromatic rings. The summed E-state index contributed by atoms with van der Waals surface area (Å²) in [7, 11) is 0. The molecule has 2 rings (SSSR count). The molecule has 18 heavy (non-hydrogen) atoms. The molecule has 0 aliphatic heterocycles. The van der Waals surface area contributed by atoms with Gasteiger partial charge >= 0.3 is 5.97 Å². The standard InChI is InChI=1S/C13H14N2O2S/c1-9-4-2-3-5-10(9)6-7-14-12-11(13(16)17)15-8-18-12/h2-5,8,14H,6-7H2,1H3,(H,16,17). The van der Waals surface area contributed by atoms with Gasteiger partial charge in [0.05, 0.1) is 5.51 Å². The lowest BCUT2D eigenvalue weighted by molar-refractivity contribution is 0.0692. The fourth-order valence-electron chi connectivity index (χ4n) is 1.73. The van der Waals surface area contributed by atoms with Crippen molar-refractivity contribution < 1.29 is 9.90 Å². The molecular formula is C13H14N2O2S. The van der Waals surface area contributed by atoms with Crippen LogP contribution in [0.3, 0.4) is 0 Å². The fraction of sp³-hybridized carbons (Fsp3) is 0.231. The third-order valence-electron chi connectivity index (χ3n) is 2.71. The van der Waals surface area contributed by atoms with Crippen LogP contribution < -0.4 is 5.32 Å². The molecule has 5 heteroatoms. The molecule has 4 nitrogen and oxygen atoms in total.